The first-order valence-electron chi connectivity index (χ1n) is 8.95. The normalized spacial score (nSPS) is 14.9. The maximum absolute atomic E-state index is 13.7. The average molecular weight is 384 g/mol. The van der Waals surface area contributed by atoms with Gasteiger partial charge in [0.25, 0.3) is 0 Å². The number of piperidine rings is 1. The molecule has 1 fully saturated rings. The Kier molecular flexibility index (Phi) is 4.96. The average Bonchev–Trinajstić information content (AvgIpc) is 3.26. The number of anilines is 2. The van der Waals surface area contributed by atoms with E-state index in [1.165, 1.54) is 0 Å². The zero-order chi connectivity index (χ0) is 19.5. The predicted octanol–water partition coefficient (Wildman–Crippen LogP) is 2.80. The third-order valence-corrected chi connectivity index (χ3v) is 4.75. The third-order valence-electron chi connectivity index (χ3n) is 4.75. The highest BCUT2D eigenvalue weighted by molar-refractivity contribution is 5.92. The van der Waals surface area contributed by atoms with Gasteiger partial charge in [-0.15, -0.1) is 10.2 Å². The summed E-state index contributed by atoms with van der Waals surface area (Å²) in [4.78, 5) is 14.4. The highest BCUT2D eigenvalue weighted by Crippen LogP contribution is 2.24. The lowest BCUT2D eigenvalue weighted by Gasteiger charge is -2.31. The number of rotatable bonds is 4. The van der Waals surface area contributed by atoms with Crippen molar-refractivity contribution in [2.75, 3.05) is 23.3 Å². The summed E-state index contributed by atoms with van der Waals surface area (Å²) in [5, 5.41) is 15.0. The molecule has 4 rings (SSSR count). The van der Waals surface area contributed by atoms with Crippen LogP contribution in [0.4, 0.5) is 20.3 Å². The summed E-state index contributed by atoms with van der Waals surface area (Å²) in [5.41, 5.74) is -0.132. The van der Waals surface area contributed by atoms with Crippen LogP contribution in [0.1, 0.15) is 12.8 Å². The number of carbonyl (C=O) groups excluding carboxylic acids is 1. The van der Waals surface area contributed by atoms with Crippen LogP contribution >= 0.6 is 0 Å². The molecule has 1 aliphatic heterocycles. The molecule has 3 heterocycles. The molecule has 1 amide bonds. The van der Waals surface area contributed by atoms with Crippen molar-refractivity contribution in [3.8, 4) is 5.82 Å². The van der Waals surface area contributed by atoms with Gasteiger partial charge in [0.05, 0.1) is 5.69 Å². The van der Waals surface area contributed by atoms with Gasteiger partial charge in [-0.25, -0.2) is 13.5 Å². The van der Waals surface area contributed by atoms with E-state index in [-0.39, 0.29) is 17.5 Å². The van der Waals surface area contributed by atoms with Crippen molar-refractivity contribution in [3.05, 3.63) is 60.4 Å². The molecule has 0 saturated carbocycles. The van der Waals surface area contributed by atoms with E-state index >= 15 is 0 Å². The highest BCUT2D eigenvalue weighted by atomic mass is 19.1. The monoisotopic (exact) mass is 384 g/mol. The minimum absolute atomic E-state index is 0.132. The minimum atomic E-state index is -0.653. The molecule has 0 aliphatic carbocycles. The first kappa shape index (κ1) is 18.0. The summed E-state index contributed by atoms with van der Waals surface area (Å²) in [6.07, 6.45) is 4.63. The molecule has 1 aromatic carbocycles. The van der Waals surface area contributed by atoms with Crippen molar-refractivity contribution >= 4 is 17.4 Å². The van der Waals surface area contributed by atoms with Crippen molar-refractivity contribution in [1.82, 2.24) is 20.0 Å². The van der Waals surface area contributed by atoms with E-state index in [4.69, 9.17) is 0 Å². The lowest BCUT2D eigenvalue weighted by molar-refractivity contribution is -0.120. The number of carbonyl (C=O) groups is 1. The lowest BCUT2D eigenvalue weighted by atomic mass is 9.96. The molecular weight excluding hydrogens is 366 g/mol. The Hall–Kier alpha value is -3.36. The van der Waals surface area contributed by atoms with Crippen molar-refractivity contribution in [3.63, 3.8) is 0 Å². The molecule has 0 spiro atoms. The first-order valence-corrected chi connectivity index (χ1v) is 8.95. The second-order valence-electron chi connectivity index (χ2n) is 6.58. The molecule has 0 bridgehead atoms. The molecule has 7 nitrogen and oxygen atoms in total. The van der Waals surface area contributed by atoms with Gasteiger partial charge in [0.1, 0.15) is 11.6 Å². The number of benzene rings is 1. The maximum atomic E-state index is 13.7. The molecule has 2 aromatic heterocycles. The van der Waals surface area contributed by atoms with Gasteiger partial charge in [0.15, 0.2) is 11.6 Å². The summed E-state index contributed by atoms with van der Waals surface area (Å²) < 4.78 is 28.6. The summed E-state index contributed by atoms with van der Waals surface area (Å²) in [7, 11) is 0. The fraction of sp³-hybridized carbons (Fsp3) is 0.263. The van der Waals surface area contributed by atoms with Crippen LogP contribution < -0.4 is 10.2 Å². The molecule has 9 heteroatoms. The number of hydrogen-bond acceptors (Lipinski definition) is 5. The SMILES string of the molecule is O=C(Nc1cc(F)ccc1F)C1CCN(c2ccc(-n3cccn3)nn2)CC1. The number of nitrogens with zero attached hydrogens (tertiary/aromatic N) is 5. The second-order valence-corrected chi connectivity index (χ2v) is 6.58. The van der Waals surface area contributed by atoms with Gasteiger partial charge in [0.2, 0.25) is 5.91 Å². The molecule has 144 valence electrons. The van der Waals surface area contributed by atoms with Crippen LogP contribution in [0.2, 0.25) is 0 Å². The van der Waals surface area contributed by atoms with Crippen molar-refractivity contribution < 1.29 is 13.6 Å². The Bertz CT molecular complexity index is 953. The Morgan fingerprint density at radius 3 is 2.50 bits per heavy atom. The maximum Gasteiger partial charge on any atom is 0.227 e. The van der Waals surface area contributed by atoms with Crippen molar-refractivity contribution in [1.29, 1.82) is 0 Å². The predicted molar refractivity (Wildman–Crippen MR) is 99.1 cm³/mol. The third kappa shape index (κ3) is 3.83. The zero-order valence-corrected chi connectivity index (χ0v) is 14.9. The van der Waals surface area contributed by atoms with Crippen molar-refractivity contribution in [2.45, 2.75) is 12.8 Å². The van der Waals surface area contributed by atoms with Gasteiger partial charge >= 0.3 is 0 Å². The standard InChI is InChI=1S/C19H18F2N6O/c20-14-2-3-15(21)16(12-14)23-19(28)13-6-10-26(11-7-13)17-4-5-18(25-24-17)27-9-1-8-22-27/h1-5,8-9,12-13H,6-7,10-11H2,(H,23,28). The van der Waals surface area contributed by atoms with E-state index in [9.17, 15) is 13.6 Å². The van der Waals surface area contributed by atoms with Gasteiger partial charge in [0, 0.05) is 37.5 Å². The second kappa shape index (κ2) is 7.71. The zero-order valence-electron chi connectivity index (χ0n) is 14.9. The molecule has 0 atom stereocenters. The molecule has 0 radical (unpaired) electrons. The fourth-order valence-corrected chi connectivity index (χ4v) is 3.21. The number of nitrogens with one attached hydrogen (secondary N) is 1. The van der Waals surface area contributed by atoms with Crippen LogP contribution in [0.5, 0.6) is 0 Å². The number of hydrogen-bond donors (Lipinski definition) is 1. The Morgan fingerprint density at radius 2 is 1.82 bits per heavy atom. The minimum Gasteiger partial charge on any atom is -0.355 e. The van der Waals surface area contributed by atoms with E-state index in [1.807, 2.05) is 17.0 Å². The Balaban J connectivity index is 1.35. The smallest absolute Gasteiger partial charge is 0.227 e. The summed E-state index contributed by atoms with van der Waals surface area (Å²) >= 11 is 0. The molecule has 3 aromatic rings. The van der Waals surface area contributed by atoms with Crippen LogP contribution in [0.15, 0.2) is 48.8 Å². The summed E-state index contributed by atoms with van der Waals surface area (Å²) in [6.45, 7) is 1.25. The van der Waals surface area contributed by atoms with E-state index in [0.717, 1.165) is 24.0 Å². The quantitative estimate of drug-likeness (QED) is 0.749. The van der Waals surface area contributed by atoms with Crippen LogP contribution in [-0.4, -0.2) is 39.0 Å². The number of amides is 1. The fourth-order valence-electron chi connectivity index (χ4n) is 3.21. The molecular formula is C19H18F2N6O. The molecule has 28 heavy (non-hydrogen) atoms. The van der Waals surface area contributed by atoms with Crippen molar-refractivity contribution in [2.24, 2.45) is 5.92 Å². The van der Waals surface area contributed by atoms with E-state index < -0.39 is 11.6 Å². The molecule has 1 saturated heterocycles. The lowest BCUT2D eigenvalue weighted by Crippen LogP contribution is -2.38. The van der Waals surface area contributed by atoms with Crippen LogP contribution in [0, 0.1) is 17.6 Å². The first-order chi connectivity index (χ1) is 13.6. The largest absolute Gasteiger partial charge is 0.355 e. The Labute approximate surface area is 160 Å². The van der Waals surface area contributed by atoms with Gasteiger partial charge in [-0.2, -0.15) is 5.10 Å². The summed E-state index contributed by atoms with van der Waals surface area (Å²) in [5.74, 6) is -0.464. The number of halogens is 2. The van der Waals surface area contributed by atoms with Gasteiger partial charge in [-0.3, -0.25) is 4.79 Å². The highest BCUT2D eigenvalue weighted by Gasteiger charge is 2.26. The molecule has 1 aliphatic rings. The molecule has 0 unspecified atom stereocenters. The van der Waals surface area contributed by atoms with Crippen LogP contribution in [-0.2, 0) is 4.79 Å². The van der Waals surface area contributed by atoms with E-state index in [0.29, 0.717) is 31.7 Å². The van der Waals surface area contributed by atoms with Gasteiger partial charge < -0.3 is 10.2 Å². The van der Waals surface area contributed by atoms with E-state index in [2.05, 4.69) is 20.6 Å². The Morgan fingerprint density at radius 1 is 1.07 bits per heavy atom. The van der Waals surface area contributed by atoms with Gasteiger partial charge in [-0.05, 0) is 43.2 Å². The van der Waals surface area contributed by atoms with Crippen LogP contribution in [0.25, 0.3) is 5.82 Å². The molecule has 1 N–H and O–H groups in total. The van der Waals surface area contributed by atoms with E-state index in [1.54, 1.807) is 23.1 Å². The summed E-state index contributed by atoms with van der Waals surface area (Å²) in [6, 6.07) is 8.51. The number of aromatic nitrogens is 4. The van der Waals surface area contributed by atoms with Gasteiger partial charge in [-0.1, -0.05) is 0 Å². The topological polar surface area (TPSA) is 75.9 Å². The van der Waals surface area contributed by atoms with Crippen LogP contribution in [0.3, 0.4) is 0 Å².